The summed E-state index contributed by atoms with van der Waals surface area (Å²) in [6, 6.07) is 4.00. The molecule has 0 saturated heterocycles. The zero-order chi connectivity index (χ0) is 14.1. The van der Waals surface area contributed by atoms with Gasteiger partial charge in [-0.3, -0.25) is 19.0 Å². The monoisotopic (exact) mass is 266 g/mol. The van der Waals surface area contributed by atoms with E-state index in [1.807, 2.05) is 47.7 Å². The number of hydrogen-bond donors (Lipinski definition) is 0. The molecule has 0 fully saturated rings. The highest BCUT2D eigenvalue weighted by atomic mass is 16.1. The molecule has 0 unspecified atom stereocenters. The van der Waals surface area contributed by atoms with Crippen molar-refractivity contribution in [3.05, 3.63) is 48.1 Å². The summed E-state index contributed by atoms with van der Waals surface area (Å²) in [5, 5.41) is 5.55. The van der Waals surface area contributed by atoms with Crippen molar-refractivity contribution in [3.8, 4) is 5.82 Å². The first-order valence-electron chi connectivity index (χ1n) is 6.29. The topological polar surface area (TPSA) is 52.7 Å². The van der Waals surface area contributed by atoms with Gasteiger partial charge in [0.15, 0.2) is 0 Å². The Balaban J connectivity index is 2.29. The van der Waals surface area contributed by atoms with Gasteiger partial charge in [-0.15, -0.1) is 0 Å². The number of aldehydes is 1. The number of rotatable bonds is 3. The lowest BCUT2D eigenvalue weighted by atomic mass is 10.2. The number of allylic oxidation sites excluding steroid dienone is 1. The molecule has 20 heavy (non-hydrogen) atoms. The number of nitrogens with zero attached hydrogens (tertiary/aromatic N) is 4. The van der Waals surface area contributed by atoms with Gasteiger partial charge < -0.3 is 0 Å². The fourth-order valence-corrected chi connectivity index (χ4v) is 2.44. The summed E-state index contributed by atoms with van der Waals surface area (Å²) in [7, 11) is 1.89. The van der Waals surface area contributed by atoms with E-state index in [2.05, 4.69) is 10.1 Å². The number of aryl methyl sites for hydroxylation is 2. The van der Waals surface area contributed by atoms with Crippen molar-refractivity contribution in [1.29, 1.82) is 0 Å². The molecule has 0 aromatic carbocycles. The molecule has 0 N–H and O–H groups in total. The molecule has 3 rings (SSSR count). The van der Waals surface area contributed by atoms with Crippen molar-refractivity contribution >= 4 is 23.3 Å². The van der Waals surface area contributed by atoms with E-state index in [0.717, 1.165) is 34.3 Å². The van der Waals surface area contributed by atoms with Crippen LogP contribution in [0.25, 0.3) is 22.8 Å². The molecule has 0 aliphatic heterocycles. The standard InChI is InChI=1S/C15H14N4O/c1-11-13(4-3-9-20)15(18(2)17-11)19-8-6-12-5-7-16-10-14(12)19/h3-10H,1-2H3/b4-3+. The predicted octanol–water partition coefficient (Wildman–Crippen LogP) is 2.28. The number of hydrogen-bond acceptors (Lipinski definition) is 3. The van der Waals surface area contributed by atoms with Crippen LogP contribution in [-0.4, -0.2) is 25.6 Å². The third-order valence-corrected chi connectivity index (χ3v) is 3.30. The molecular formula is C15H14N4O. The molecular weight excluding hydrogens is 252 g/mol. The molecule has 0 atom stereocenters. The maximum atomic E-state index is 10.6. The normalized spacial score (nSPS) is 11.5. The predicted molar refractivity (Wildman–Crippen MR) is 77.7 cm³/mol. The van der Waals surface area contributed by atoms with Gasteiger partial charge in [0, 0.05) is 30.4 Å². The van der Waals surface area contributed by atoms with E-state index >= 15 is 0 Å². The number of aromatic nitrogens is 4. The lowest BCUT2D eigenvalue weighted by Gasteiger charge is -2.07. The Kier molecular flexibility index (Phi) is 2.95. The highest BCUT2D eigenvalue weighted by Gasteiger charge is 2.14. The Morgan fingerprint density at radius 1 is 1.30 bits per heavy atom. The molecule has 0 saturated carbocycles. The van der Waals surface area contributed by atoms with Crippen LogP contribution in [0.4, 0.5) is 0 Å². The highest BCUT2D eigenvalue weighted by molar-refractivity contribution is 5.82. The van der Waals surface area contributed by atoms with Gasteiger partial charge in [0.2, 0.25) is 0 Å². The molecule has 0 radical (unpaired) electrons. The molecule has 3 heterocycles. The summed E-state index contributed by atoms with van der Waals surface area (Å²) in [4.78, 5) is 14.8. The molecule has 5 nitrogen and oxygen atoms in total. The highest BCUT2D eigenvalue weighted by Crippen LogP contribution is 2.24. The van der Waals surface area contributed by atoms with Crippen molar-refractivity contribution in [3.63, 3.8) is 0 Å². The minimum Gasteiger partial charge on any atom is -0.299 e. The van der Waals surface area contributed by atoms with Crippen LogP contribution in [0.3, 0.4) is 0 Å². The van der Waals surface area contributed by atoms with Crippen LogP contribution in [0.1, 0.15) is 11.3 Å². The lowest BCUT2D eigenvalue weighted by molar-refractivity contribution is -0.104. The lowest BCUT2D eigenvalue weighted by Crippen LogP contribution is -2.03. The fourth-order valence-electron chi connectivity index (χ4n) is 2.44. The maximum absolute atomic E-state index is 10.6. The third kappa shape index (κ3) is 1.84. The summed E-state index contributed by atoms with van der Waals surface area (Å²) in [5.74, 6) is 0.920. The first kappa shape index (κ1) is 12.3. The van der Waals surface area contributed by atoms with Gasteiger partial charge in [0.05, 0.1) is 17.4 Å². The van der Waals surface area contributed by atoms with E-state index in [-0.39, 0.29) is 0 Å². The fraction of sp³-hybridized carbons (Fsp3) is 0.133. The Morgan fingerprint density at radius 3 is 2.95 bits per heavy atom. The SMILES string of the molecule is Cc1nn(C)c(-n2ccc3ccncc32)c1/C=C/C=O. The third-order valence-electron chi connectivity index (χ3n) is 3.30. The number of fused-ring (bicyclic) bond motifs is 1. The number of pyridine rings is 1. The quantitative estimate of drug-likeness (QED) is 0.540. The van der Waals surface area contributed by atoms with Crippen molar-refractivity contribution in [2.24, 2.45) is 7.05 Å². The van der Waals surface area contributed by atoms with Crippen molar-refractivity contribution in [2.45, 2.75) is 6.92 Å². The molecule has 0 aliphatic rings. The Hall–Kier alpha value is -2.69. The van der Waals surface area contributed by atoms with Gasteiger partial charge in [-0.2, -0.15) is 5.10 Å². The van der Waals surface area contributed by atoms with E-state index in [4.69, 9.17) is 0 Å². The summed E-state index contributed by atoms with van der Waals surface area (Å²) >= 11 is 0. The second-order valence-electron chi connectivity index (χ2n) is 4.56. The number of carbonyl (C=O) groups excluding carboxylic acids is 1. The summed E-state index contributed by atoms with van der Waals surface area (Å²) in [6.07, 6.45) is 9.62. The van der Waals surface area contributed by atoms with Gasteiger partial charge in [-0.05, 0) is 31.2 Å². The summed E-state index contributed by atoms with van der Waals surface area (Å²) in [5.41, 5.74) is 2.82. The molecule has 0 aliphatic carbocycles. The summed E-state index contributed by atoms with van der Waals surface area (Å²) in [6.45, 7) is 1.93. The average molecular weight is 266 g/mol. The van der Waals surface area contributed by atoms with E-state index in [0.29, 0.717) is 0 Å². The van der Waals surface area contributed by atoms with E-state index in [1.54, 1.807) is 12.3 Å². The first-order chi connectivity index (χ1) is 9.72. The van der Waals surface area contributed by atoms with Gasteiger partial charge in [0.1, 0.15) is 12.1 Å². The Labute approximate surface area is 116 Å². The van der Waals surface area contributed by atoms with Crippen LogP contribution in [0.5, 0.6) is 0 Å². The molecule has 5 heteroatoms. The maximum Gasteiger partial charge on any atom is 0.142 e. The van der Waals surface area contributed by atoms with Crippen LogP contribution in [-0.2, 0) is 11.8 Å². The van der Waals surface area contributed by atoms with Crippen molar-refractivity contribution in [1.82, 2.24) is 19.3 Å². The second kappa shape index (κ2) is 4.77. The molecule has 100 valence electrons. The van der Waals surface area contributed by atoms with Gasteiger partial charge in [0.25, 0.3) is 0 Å². The summed E-state index contributed by atoms with van der Waals surface area (Å²) < 4.78 is 3.85. The van der Waals surface area contributed by atoms with E-state index < -0.39 is 0 Å². The zero-order valence-corrected chi connectivity index (χ0v) is 11.3. The molecule has 3 aromatic rings. The minimum atomic E-state index is 0.769. The van der Waals surface area contributed by atoms with E-state index in [1.165, 1.54) is 6.08 Å². The Bertz CT molecular complexity index is 811. The minimum absolute atomic E-state index is 0.769. The van der Waals surface area contributed by atoms with Gasteiger partial charge in [-0.25, -0.2) is 0 Å². The largest absolute Gasteiger partial charge is 0.299 e. The van der Waals surface area contributed by atoms with Crippen LogP contribution in [0.2, 0.25) is 0 Å². The first-order valence-corrected chi connectivity index (χ1v) is 6.29. The van der Waals surface area contributed by atoms with Crippen LogP contribution in [0, 0.1) is 6.92 Å². The molecule has 0 spiro atoms. The van der Waals surface area contributed by atoms with Crippen molar-refractivity contribution < 1.29 is 4.79 Å². The Morgan fingerprint density at radius 2 is 2.15 bits per heavy atom. The molecule has 0 bridgehead atoms. The second-order valence-corrected chi connectivity index (χ2v) is 4.56. The smallest absolute Gasteiger partial charge is 0.142 e. The molecule has 0 amide bonds. The van der Waals surface area contributed by atoms with Gasteiger partial charge in [-0.1, -0.05) is 0 Å². The zero-order valence-electron chi connectivity index (χ0n) is 11.3. The van der Waals surface area contributed by atoms with E-state index in [9.17, 15) is 4.79 Å². The van der Waals surface area contributed by atoms with Gasteiger partial charge >= 0.3 is 0 Å². The average Bonchev–Trinajstić information content (AvgIpc) is 2.97. The van der Waals surface area contributed by atoms with Crippen molar-refractivity contribution in [2.75, 3.05) is 0 Å². The van der Waals surface area contributed by atoms with Crippen LogP contribution in [0.15, 0.2) is 36.8 Å². The van der Waals surface area contributed by atoms with Crippen LogP contribution < -0.4 is 0 Å². The number of carbonyl (C=O) groups is 1. The molecule has 3 aromatic heterocycles. The van der Waals surface area contributed by atoms with Crippen LogP contribution >= 0.6 is 0 Å².